The van der Waals surface area contributed by atoms with E-state index in [0.717, 1.165) is 21.5 Å². The van der Waals surface area contributed by atoms with E-state index in [9.17, 15) is 4.79 Å². The number of thiazole rings is 1. The number of fused-ring (bicyclic) bond motifs is 1. The first-order valence-corrected chi connectivity index (χ1v) is 8.69. The fourth-order valence-corrected chi connectivity index (χ4v) is 3.93. The quantitative estimate of drug-likeness (QED) is 0.693. The molecule has 4 nitrogen and oxygen atoms in total. The third-order valence-electron chi connectivity index (χ3n) is 3.93. The molecular formula is C18H18ClN3OS. The van der Waals surface area contributed by atoms with Crippen molar-refractivity contribution in [2.45, 2.75) is 6.92 Å². The van der Waals surface area contributed by atoms with Crippen molar-refractivity contribution in [1.82, 2.24) is 4.57 Å². The van der Waals surface area contributed by atoms with E-state index in [1.54, 1.807) is 12.1 Å². The maximum atomic E-state index is 12.5. The molecule has 1 heterocycles. The number of anilines is 1. The Kier molecular flexibility index (Phi) is 4.47. The summed E-state index contributed by atoms with van der Waals surface area (Å²) in [5, 5.41) is 0.681. The first kappa shape index (κ1) is 16.7. The Morgan fingerprint density at radius 3 is 2.42 bits per heavy atom. The van der Waals surface area contributed by atoms with E-state index < -0.39 is 0 Å². The smallest absolute Gasteiger partial charge is 0.279 e. The summed E-state index contributed by atoms with van der Waals surface area (Å²) in [4.78, 5) is 19.4. The van der Waals surface area contributed by atoms with E-state index in [0.29, 0.717) is 15.4 Å². The van der Waals surface area contributed by atoms with Crippen molar-refractivity contribution in [3.05, 3.63) is 57.3 Å². The van der Waals surface area contributed by atoms with Gasteiger partial charge in [-0.2, -0.15) is 4.99 Å². The van der Waals surface area contributed by atoms with Gasteiger partial charge in [0.15, 0.2) is 4.80 Å². The fourth-order valence-electron chi connectivity index (χ4n) is 2.57. The molecule has 0 N–H and O–H groups in total. The molecular weight excluding hydrogens is 342 g/mol. The average molecular weight is 360 g/mol. The van der Waals surface area contributed by atoms with Gasteiger partial charge in [0.25, 0.3) is 5.91 Å². The van der Waals surface area contributed by atoms with E-state index in [4.69, 9.17) is 11.6 Å². The predicted molar refractivity (Wildman–Crippen MR) is 101 cm³/mol. The highest BCUT2D eigenvalue weighted by atomic mass is 35.5. The van der Waals surface area contributed by atoms with Crippen molar-refractivity contribution in [2.24, 2.45) is 12.0 Å². The van der Waals surface area contributed by atoms with Crippen LogP contribution in [0.1, 0.15) is 15.9 Å². The SMILES string of the molecule is Cc1ccc(Cl)c2sc(=NC(=O)c3ccc(N(C)C)cc3)n(C)c12. The molecule has 0 atom stereocenters. The molecule has 0 fully saturated rings. The Bertz CT molecular complexity index is 984. The molecule has 0 bridgehead atoms. The second-order valence-electron chi connectivity index (χ2n) is 5.84. The topological polar surface area (TPSA) is 37.6 Å². The molecule has 3 aromatic rings. The molecule has 0 aliphatic carbocycles. The van der Waals surface area contributed by atoms with Crippen LogP contribution >= 0.6 is 22.9 Å². The number of amides is 1. The molecule has 2 aromatic carbocycles. The van der Waals surface area contributed by atoms with E-state index in [-0.39, 0.29) is 5.91 Å². The lowest BCUT2D eigenvalue weighted by atomic mass is 10.2. The Labute approximate surface area is 149 Å². The number of aromatic nitrogens is 1. The lowest BCUT2D eigenvalue weighted by Crippen LogP contribution is -2.14. The van der Waals surface area contributed by atoms with Crippen LogP contribution in [-0.2, 0) is 7.05 Å². The second kappa shape index (κ2) is 6.42. The molecule has 1 aromatic heterocycles. The van der Waals surface area contributed by atoms with Crippen LogP contribution in [0.4, 0.5) is 5.69 Å². The highest BCUT2D eigenvalue weighted by Crippen LogP contribution is 2.28. The zero-order chi connectivity index (χ0) is 17.4. The maximum Gasteiger partial charge on any atom is 0.279 e. The summed E-state index contributed by atoms with van der Waals surface area (Å²) in [6.07, 6.45) is 0. The van der Waals surface area contributed by atoms with E-state index in [1.165, 1.54) is 11.3 Å². The van der Waals surface area contributed by atoms with Gasteiger partial charge in [-0.05, 0) is 42.8 Å². The van der Waals surface area contributed by atoms with Gasteiger partial charge in [-0.3, -0.25) is 4.79 Å². The van der Waals surface area contributed by atoms with Crippen molar-refractivity contribution in [2.75, 3.05) is 19.0 Å². The molecule has 0 aliphatic heterocycles. The molecule has 0 aliphatic rings. The number of carbonyl (C=O) groups excluding carboxylic acids is 1. The van der Waals surface area contributed by atoms with Crippen LogP contribution in [0.25, 0.3) is 10.2 Å². The number of nitrogens with zero attached hydrogens (tertiary/aromatic N) is 3. The van der Waals surface area contributed by atoms with Crippen molar-refractivity contribution in [1.29, 1.82) is 0 Å². The fraction of sp³-hybridized carbons (Fsp3) is 0.222. The van der Waals surface area contributed by atoms with Crippen LogP contribution in [0.5, 0.6) is 0 Å². The minimum Gasteiger partial charge on any atom is -0.378 e. The second-order valence-corrected chi connectivity index (χ2v) is 7.23. The van der Waals surface area contributed by atoms with Gasteiger partial charge in [0, 0.05) is 32.4 Å². The third kappa shape index (κ3) is 2.97. The largest absolute Gasteiger partial charge is 0.378 e. The predicted octanol–water partition coefficient (Wildman–Crippen LogP) is 4.01. The number of carbonyl (C=O) groups is 1. The van der Waals surface area contributed by atoms with Gasteiger partial charge in [-0.25, -0.2) is 0 Å². The molecule has 0 saturated carbocycles. The summed E-state index contributed by atoms with van der Waals surface area (Å²) in [6.45, 7) is 2.02. The van der Waals surface area contributed by atoms with E-state index in [1.807, 2.05) is 61.8 Å². The molecule has 0 spiro atoms. The molecule has 0 saturated heterocycles. The lowest BCUT2D eigenvalue weighted by molar-refractivity contribution is 0.0998. The standard InChI is InChI=1S/C18H18ClN3OS/c1-11-5-10-14(19)16-15(11)22(4)18(24-16)20-17(23)12-6-8-13(9-7-12)21(2)3/h5-10H,1-4H3. The van der Waals surface area contributed by atoms with Crippen LogP contribution < -0.4 is 9.70 Å². The summed E-state index contributed by atoms with van der Waals surface area (Å²) in [6, 6.07) is 11.3. The van der Waals surface area contributed by atoms with Crippen LogP contribution in [0.3, 0.4) is 0 Å². The number of halogens is 1. The van der Waals surface area contributed by atoms with Gasteiger partial charge < -0.3 is 9.47 Å². The van der Waals surface area contributed by atoms with Gasteiger partial charge in [-0.15, -0.1) is 0 Å². The van der Waals surface area contributed by atoms with Gasteiger partial charge in [0.05, 0.1) is 15.2 Å². The molecule has 0 unspecified atom stereocenters. The normalized spacial score (nSPS) is 12.0. The van der Waals surface area contributed by atoms with Crippen molar-refractivity contribution >= 4 is 44.7 Å². The summed E-state index contributed by atoms with van der Waals surface area (Å²) >= 11 is 7.71. The first-order valence-electron chi connectivity index (χ1n) is 7.49. The lowest BCUT2D eigenvalue weighted by Gasteiger charge is -2.11. The highest BCUT2D eigenvalue weighted by Gasteiger charge is 2.11. The molecule has 0 radical (unpaired) electrons. The summed E-state index contributed by atoms with van der Waals surface area (Å²) in [5.74, 6) is -0.253. The van der Waals surface area contributed by atoms with Crippen LogP contribution in [0.15, 0.2) is 41.4 Å². The Morgan fingerprint density at radius 2 is 1.83 bits per heavy atom. The number of hydrogen-bond acceptors (Lipinski definition) is 3. The van der Waals surface area contributed by atoms with Gasteiger partial charge >= 0.3 is 0 Å². The molecule has 1 amide bonds. The number of aryl methyl sites for hydroxylation is 2. The molecule has 24 heavy (non-hydrogen) atoms. The van der Waals surface area contributed by atoms with Crippen molar-refractivity contribution in [3.63, 3.8) is 0 Å². The highest BCUT2D eigenvalue weighted by molar-refractivity contribution is 7.17. The minimum atomic E-state index is -0.253. The van der Waals surface area contributed by atoms with Crippen molar-refractivity contribution in [3.8, 4) is 0 Å². The first-order chi connectivity index (χ1) is 11.4. The Hall–Kier alpha value is -2.11. The van der Waals surface area contributed by atoms with Crippen LogP contribution in [0, 0.1) is 6.92 Å². The van der Waals surface area contributed by atoms with Crippen molar-refractivity contribution < 1.29 is 4.79 Å². The minimum absolute atomic E-state index is 0.253. The van der Waals surface area contributed by atoms with Gasteiger partial charge in [-0.1, -0.05) is 29.0 Å². The Balaban J connectivity index is 2.06. The summed E-state index contributed by atoms with van der Waals surface area (Å²) in [7, 11) is 5.83. The Morgan fingerprint density at radius 1 is 1.17 bits per heavy atom. The number of rotatable bonds is 2. The van der Waals surface area contributed by atoms with Crippen LogP contribution in [-0.4, -0.2) is 24.6 Å². The monoisotopic (exact) mass is 359 g/mol. The van der Waals surface area contributed by atoms with Gasteiger partial charge in [0.2, 0.25) is 0 Å². The summed E-state index contributed by atoms with van der Waals surface area (Å²) < 4.78 is 2.88. The summed E-state index contributed by atoms with van der Waals surface area (Å²) in [5.41, 5.74) is 3.74. The third-order valence-corrected chi connectivity index (χ3v) is 5.52. The zero-order valence-electron chi connectivity index (χ0n) is 14.0. The maximum absolute atomic E-state index is 12.5. The molecule has 6 heteroatoms. The molecule has 3 rings (SSSR count). The number of hydrogen-bond donors (Lipinski definition) is 0. The number of benzene rings is 2. The average Bonchev–Trinajstić information content (AvgIpc) is 2.89. The van der Waals surface area contributed by atoms with E-state index in [2.05, 4.69) is 4.99 Å². The van der Waals surface area contributed by atoms with Crippen LogP contribution in [0.2, 0.25) is 5.02 Å². The zero-order valence-corrected chi connectivity index (χ0v) is 15.6. The van der Waals surface area contributed by atoms with Gasteiger partial charge in [0.1, 0.15) is 0 Å². The molecule has 124 valence electrons. The van der Waals surface area contributed by atoms with E-state index >= 15 is 0 Å².